The third kappa shape index (κ3) is 4.12. The zero-order valence-corrected chi connectivity index (χ0v) is 18.2. The highest BCUT2D eigenvalue weighted by atomic mass is 35.5. The Bertz CT molecular complexity index is 1030. The predicted molar refractivity (Wildman–Crippen MR) is 114 cm³/mol. The second-order valence-electron chi connectivity index (χ2n) is 8.11. The second-order valence-corrected chi connectivity index (χ2v) is 8.52. The van der Waals surface area contributed by atoms with Gasteiger partial charge in [0.15, 0.2) is 0 Å². The van der Waals surface area contributed by atoms with Crippen molar-refractivity contribution in [2.45, 2.75) is 39.0 Å². The zero-order valence-electron chi connectivity index (χ0n) is 17.4. The van der Waals surface area contributed by atoms with E-state index in [1.807, 2.05) is 6.92 Å². The van der Waals surface area contributed by atoms with Crippen LogP contribution in [-0.4, -0.2) is 62.9 Å². The Morgan fingerprint density at radius 3 is 2.90 bits per heavy atom. The number of aromatic nitrogens is 2. The molecule has 1 aromatic carbocycles. The van der Waals surface area contributed by atoms with Gasteiger partial charge in [-0.15, -0.1) is 0 Å². The van der Waals surface area contributed by atoms with Gasteiger partial charge in [0.1, 0.15) is 11.5 Å². The topological polar surface area (TPSA) is 90.7 Å². The monoisotopic (exact) mass is 449 g/mol. The average molecular weight is 450 g/mol. The molecule has 0 spiro atoms. The highest BCUT2D eigenvalue weighted by molar-refractivity contribution is 6.31. The van der Waals surface area contributed by atoms with Crippen LogP contribution in [-0.2, 0) is 19.5 Å². The lowest BCUT2D eigenvalue weighted by molar-refractivity contribution is 0.0626. The normalized spacial score (nSPS) is 19.5. The fourth-order valence-corrected chi connectivity index (χ4v) is 4.40. The van der Waals surface area contributed by atoms with E-state index < -0.39 is 11.9 Å². The van der Waals surface area contributed by atoms with Gasteiger partial charge in [-0.05, 0) is 24.6 Å². The Kier molecular flexibility index (Phi) is 5.90. The van der Waals surface area contributed by atoms with Crippen LogP contribution >= 0.6 is 11.6 Å². The first-order valence-electron chi connectivity index (χ1n) is 10.3. The first-order valence-corrected chi connectivity index (χ1v) is 10.7. The molecule has 2 unspecified atom stereocenters. The van der Waals surface area contributed by atoms with Crippen molar-refractivity contribution in [3.8, 4) is 0 Å². The summed E-state index contributed by atoms with van der Waals surface area (Å²) in [4.78, 5) is 29.1. The Morgan fingerprint density at radius 1 is 1.42 bits per heavy atom. The number of nitrogens with one attached hydrogen (secondary N) is 1. The maximum absolute atomic E-state index is 13.4. The summed E-state index contributed by atoms with van der Waals surface area (Å²) in [5, 5.41) is 17.7. The third-order valence-electron chi connectivity index (χ3n) is 5.99. The fourth-order valence-electron chi connectivity index (χ4n) is 4.22. The predicted octanol–water partition coefficient (Wildman–Crippen LogP) is 2.74. The summed E-state index contributed by atoms with van der Waals surface area (Å²) in [6.07, 6.45) is 0.599. The lowest BCUT2D eigenvalue weighted by Gasteiger charge is -2.27. The van der Waals surface area contributed by atoms with Gasteiger partial charge in [-0.25, -0.2) is 9.18 Å². The summed E-state index contributed by atoms with van der Waals surface area (Å²) in [5.74, 6) is -0.824. The molecule has 0 aliphatic carbocycles. The molecule has 0 saturated carbocycles. The van der Waals surface area contributed by atoms with Gasteiger partial charge in [-0.2, -0.15) is 5.10 Å². The molecule has 2 aromatic rings. The van der Waals surface area contributed by atoms with Gasteiger partial charge in [-0.3, -0.25) is 9.48 Å². The zero-order chi connectivity index (χ0) is 22.3. The van der Waals surface area contributed by atoms with Gasteiger partial charge >= 0.3 is 6.03 Å². The van der Waals surface area contributed by atoms with E-state index in [1.54, 1.807) is 21.5 Å². The molecule has 10 heteroatoms. The summed E-state index contributed by atoms with van der Waals surface area (Å²) in [5.41, 5.74) is 2.41. The van der Waals surface area contributed by atoms with Crippen molar-refractivity contribution in [2.24, 2.45) is 5.92 Å². The SMILES string of the molecule is CCC(O)C1CN(C)C(=O)c2c3c(nn2C1)CCN(C(=O)Nc1ccc(F)c(Cl)c1)C3. The minimum Gasteiger partial charge on any atom is -0.393 e. The molecule has 3 amide bonds. The first-order chi connectivity index (χ1) is 14.8. The van der Waals surface area contributed by atoms with Crippen molar-refractivity contribution in [1.29, 1.82) is 0 Å². The number of amides is 3. The minimum absolute atomic E-state index is 0.0712. The third-order valence-corrected chi connectivity index (χ3v) is 6.28. The van der Waals surface area contributed by atoms with E-state index in [1.165, 1.54) is 18.2 Å². The van der Waals surface area contributed by atoms with Crippen molar-refractivity contribution >= 4 is 29.2 Å². The quantitative estimate of drug-likeness (QED) is 0.753. The van der Waals surface area contributed by atoms with Gasteiger partial charge in [-0.1, -0.05) is 18.5 Å². The van der Waals surface area contributed by atoms with E-state index >= 15 is 0 Å². The number of fused-ring (bicyclic) bond motifs is 3. The molecule has 2 atom stereocenters. The van der Waals surface area contributed by atoms with Gasteiger partial charge in [0.2, 0.25) is 0 Å². The molecule has 2 aliphatic rings. The highest BCUT2D eigenvalue weighted by Gasteiger charge is 2.36. The molecule has 3 heterocycles. The molecular formula is C21H25ClFN5O3. The molecule has 0 fully saturated rings. The summed E-state index contributed by atoms with van der Waals surface area (Å²) in [6, 6.07) is 3.63. The smallest absolute Gasteiger partial charge is 0.322 e. The lowest BCUT2D eigenvalue weighted by Crippen LogP contribution is -2.40. The molecule has 2 N–H and O–H groups in total. The van der Waals surface area contributed by atoms with Crippen LogP contribution in [0.4, 0.5) is 14.9 Å². The van der Waals surface area contributed by atoms with Crippen LogP contribution in [0.5, 0.6) is 0 Å². The van der Waals surface area contributed by atoms with Gasteiger partial charge in [0, 0.05) is 50.3 Å². The van der Waals surface area contributed by atoms with Crippen LogP contribution in [0.3, 0.4) is 0 Å². The molecule has 31 heavy (non-hydrogen) atoms. The molecule has 166 valence electrons. The molecule has 1 aromatic heterocycles. The number of hydrogen-bond donors (Lipinski definition) is 2. The number of anilines is 1. The molecule has 2 aliphatic heterocycles. The largest absolute Gasteiger partial charge is 0.393 e. The van der Waals surface area contributed by atoms with Crippen molar-refractivity contribution in [2.75, 3.05) is 25.5 Å². The Labute approximate surface area is 184 Å². The number of urea groups is 1. The van der Waals surface area contributed by atoms with Crippen molar-refractivity contribution in [3.05, 3.63) is 46.0 Å². The number of hydrogen-bond acceptors (Lipinski definition) is 4. The number of nitrogens with zero attached hydrogens (tertiary/aromatic N) is 4. The van der Waals surface area contributed by atoms with E-state index in [-0.39, 0.29) is 29.4 Å². The number of benzene rings is 1. The van der Waals surface area contributed by atoms with Crippen molar-refractivity contribution < 1.29 is 19.1 Å². The van der Waals surface area contributed by atoms with Crippen molar-refractivity contribution in [1.82, 2.24) is 19.6 Å². The number of rotatable bonds is 3. The highest BCUT2D eigenvalue weighted by Crippen LogP contribution is 2.28. The fraction of sp³-hybridized carbons (Fsp3) is 0.476. The van der Waals surface area contributed by atoms with Crippen LogP contribution in [0.2, 0.25) is 5.02 Å². The van der Waals surface area contributed by atoms with Crippen LogP contribution in [0.25, 0.3) is 0 Å². The summed E-state index contributed by atoms with van der Waals surface area (Å²) >= 11 is 5.79. The minimum atomic E-state index is -0.556. The average Bonchev–Trinajstić information content (AvgIpc) is 3.05. The Balaban J connectivity index is 1.57. The van der Waals surface area contributed by atoms with E-state index in [9.17, 15) is 19.1 Å². The Morgan fingerprint density at radius 2 is 2.19 bits per heavy atom. The van der Waals surface area contributed by atoms with Crippen molar-refractivity contribution in [3.63, 3.8) is 0 Å². The summed E-state index contributed by atoms with van der Waals surface area (Å²) < 4.78 is 15.1. The molecule has 0 bridgehead atoms. The summed E-state index contributed by atoms with van der Waals surface area (Å²) in [7, 11) is 1.72. The van der Waals surface area contributed by atoms with Crippen LogP contribution in [0, 0.1) is 11.7 Å². The molecular weight excluding hydrogens is 425 g/mol. The van der Waals surface area contributed by atoms with E-state index in [4.69, 9.17) is 11.6 Å². The number of carbonyl (C=O) groups is 2. The van der Waals surface area contributed by atoms with Gasteiger partial charge in [0.05, 0.1) is 23.4 Å². The van der Waals surface area contributed by atoms with Gasteiger partial charge < -0.3 is 20.2 Å². The molecule has 4 rings (SSSR count). The van der Waals surface area contributed by atoms with E-state index in [2.05, 4.69) is 10.4 Å². The lowest BCUT2D eigenvalue weighted by atomic mass is 10.0. The maximum Gasteiger partial charge on any atom is 0.322 e. The number of halogens is 2. The first kappa shape index (κ1) is 21.6. The second kappa shape index (κ2) is 8.47. The van der Waals surface area contributed by atoms with E-state index in [0.29, 0.717) is 43.9 Å². The summed E-state index contributed by atoms with van der Waals surface area (Å²) in [6.45, 7) is 3.49. The van der Waals surface area contributed by atoms with Crippen LogP contribution in [0.1, 0.15) is 35.1 Å². The number of aliphatic hydroxyl groups excluding tert-OH is 1. The molecule has 0 radical (unpaired) electrons. The standard InChI is InChI=1S/C21H25ClFN5O3/c1-3-18(29)12-9-26(2)20(30)19-14-11-27(7-6-17(14)25-28(19)10-12)21(31)24-13-4-5-16(23)15(22)8-13/h4-5,8,12,18,29H,3,6-7,9-11H2,1-2H3,(H,24,31). The van der Waals surface area contributed by atoms with E-state index in [0.717, 1.165) is 11.3 Å². The van der Waals surface area contributed by atoms with Crippen LogP contribution in [0.15, 0.2) is 18.2 Å². The van der Waals surface area contributed by atoms with Gasteiger partial charge in [0.25, 0.3) is 5.91 Å². The number of carbonyl (C=O) groups excluding carboxylic acids is 2. The molecule has 8 nitrogen and oxygen atoms in total. The Hall–Kier alpha value is -2.65. The maximum atomic E-state index is 13.4. The molecule has 0 saturated heterocycles. The number of aliphatic hydroxyl groups is 1. The van der Waals surface area contributed by atoms with Crippen LogP contribution < -0.4 is 5.32 Å².